The second kappa shape index (κ2) is 8.44. The average Bonchev–Trinajstić information content (AvgIpc) is 2.65. The van der Waals surface area contributed by atoms with E-state index in [0.29, 0.717) is 28.6 Å². The van der Waals surface area contributed by atoms with Crippen molar-refractivity contribution >= 4 is 29.0 Å². The minimum Gasteiger partial charge on any atom is -0.493 e. The molecule has 0 aliphatic heterocycles. The molecule has 0 atom stereocenters. The highest BCUT2D eigenvalue weighted by Gasteiger charge is 2.14. The van der Waals surface area contributed by atoms with Crippen molar-refractivity contribution in [1.82, 2.24) is 0 Å². The lowest BCUT2D eigenvalue weighted by Gasteiger charge is -2.14. The van der Waals surface area contributed by atoms with Gasteiger partial charge in [-0.1, -0.05) is 11.6 Å². The number of halogens is 1. The van der Waals surface area contributed by atoms with Crippen LogP contribution in [0.15, 0.2) is 35.4 Å². The van der Waals surface area contributed by atoms with Gasteiger partial charge < -0.3 is 19.3 Å². The standard InChI is InChI=1S/C18H19ClN2O5/c1-10(11-7-15(24-2)17(26-4)16(8-11)25-3)20-21-12-5-6-14(19)13(9-12)18(22)23/h5-9,21H,1-4H3,(H,22,23). The van der Waals surface area contributed by atoms with Gasteiger partial charge >= 0.3 is 5.97 Å². The van der Waals surface area contributed by atoms with Crippen LogP contribution in [0.2, 0.25) is 5.02 Å². The zero-order chi connectivity index (χ0) is 19.3. The van der Waals surface area contributed by atoms with Crippen LogP contribution in [0.3, 0.4) is 0 Å². The Kier molecular flexibility index (Phi) is 6.30. The van der Waals surface area contributed by atoms with Gasteiger partial charge in [-0.25, -0.2) is 4.79 Å². The number of methoxy groups -OCH3 is 3. The van der Waals surface area contributed by atoms with Crippen LogP contribution >= 0.6 is 11.6 Å². The second-order valence-corrected chi connectivity index (χ2v) is 5.63. The maximum atomic E-state index is 11.1. The van der Waals surface area contributed by atoms with E-state index in [9.17, 15) is 4.79 Å². The fraction of sp³-hybridized carbons (Fsp3) is 0.222. The van der Waals surface area contributed by atoms with Crippen LogP contribution in [-0.2, 0) is 0 Å². The van der Waals surface area contributed by atoms with E-state index in [1.165, 1.54) is 33.5 Å². The Labute approximate surface area is 156 Å². The molecular formula is C18H19ClN2O5. The van der Waals surface area contributed by atoms with Crippen LogP contribution in [-0.4, -0.2) is 38.1 Å². The summed E-state index contributed by atoms with van der Waals surface area (Å²) in [6.45, 7) is 1.79. The summed E-state index contributed by atoms with van der Waals surface area (Å²) in [4.78, 5) is 11.1. The van der Waals surface area contributed by atoms with Crippen LogP contribution in [0, 0.1) is 0 Å². The van der Waals surface area contributed by atoms with Crippen molar-refractivity contribution in [2.24, 2.45) is 5.10 Å². The molecule has 0 aliphatic carbocycles. The molecule has 138 valence electrons. The Morgan fingerprint density at radius 1 is 1.08 bits per heavy atom. The van der Waals surface area contributed by atoms with E-state index in [4.69, 9.17) is 30.9 Å². The molecule has 0 saturated heterocycles. The maximum absolute atomic E-state index is 11.1. The quantitative estimate of drug-likeness (QED) is 0.561. The van der Waals surface area contributed by atoms with Gasteiger partial charge in [0.1, 0.15) is 0 Å². The molecule has 2 aromatic carbocycles. The van der Waals surface area contributed by atoms with Gasteiger partial charge in [-0.05, 0) is 37.3 Å². The molecule has 0 aliphatic rings. The molecule has 0 spiro atoms. The van der Waals surface area contributed by atoms with Crippen molar-refractivity contribution in [2.45, 2.75) is 6.92 Å². The lowest BCUT2D eigenvalue weighted by molar-refractivity contribution is 0.0697. The molecule has 2 rings (SSSR count). The van der Waals surface area contributed by atoms with Gasteiger partial charge in [0, 0.05) is 5.56 Å². The van der Waals surface area contributed by atoms with Crippen LogP contribution in [0.25, 0.3) is 0 Å². The van der Waals surface area contributed by atoms with Crippen molar-refractivity contribution in [1.29, 1.82) is 0 Å². The number of benzene rings is 2. The lowest BCUT2D eigenvalue weighted by atomic mass is 10.1. The largest absolute Gasteiger partial charge is 0.493 e. The van der Waals surface area contributed by atoms with Gasteiger partial charge in [0.2, 0.25) is 5.75 Å². The Balaban J connectivity index is 2.33. The van der Waals surface area contributed by atoms with Crippen LogP contribution in [0.1, 0.15) is 22.8 Å². The molecule has 0 radical (unpaired) electrons. The first kappa shape index (κ1) is 19.4. The van der Waals surface area contributed by atoms with Gasteiger partial charge in [-0.2, -0.15) is 5.10 Å². The van der Waals surface area contributed by atoms with Crippen LogP contribution in [0.5, 0.6) is 17.2 Å². The molecule has 0 heterocycles. The summed E-state index contributed by atoms with van der Waals surface area (Å²) in [6.07, 6.45) is 0. The summed E-state index contributed by atoms with van der Waals surface area (Å²) >= 11 is 5.86. The predicted molar refractivity (Wildman–Crippen MR) is 100 cm³/mol. The summed E-state index contributed by atoms with van der Waals surface area (Å²) in [6, 6.07) is 8.09. The Morgan fingerprint density at radius 2 is 1.69 bits per heavy atom. The molecule has 0 aromatic heterocycles. The summed E-state index contributed by atoms with van der Waals surface area (Å²) in [5.74, 6) is 0.402. The third-order valence-electron chi connectivity index (χ3n) is 3.63. The van der Waals surface area contributed by atoms with E-state index in [2.05, 4.69) is 10.5 Å². The van der Waals surface area contributed by atoms with Gasteiger partial charge in [-0.15, -0.1) is 0 Å². The van der Waals surface area contributed by atoms with E-state index in [-0.39, 0.29) is 10.6 Å². The molecule has 0 amide bonds. The first-order valence-electron chi connectivity index (χ1n) is 7.54. The first-order valence-corrected chi connectivity index (χ1v) is 7.92. The topological polar surface area (TPSA) is 89.4 Å². The number of anilines is 1. The molecule has 0 saturated carbocycles. The number of ether oxygens (including phenoxy) is 3. The Hall–Kier alpha value is -2.93. The number of aromatic carboxylic acids is 1. The van der Waals surface area contributed by atoms with Gasteiger partial charge in [-0.3, -0.25) is 5.43 Å². The number of nitrogens with zero attached hydrogens (tertiary/aromatic N) is 1. The van der Waals surface area contributed by atoms with Crippen LogP contribution < -0.4 is 19.6 Å². The highest BCUT2D eigenvalue weighted by Crippen LogP contribution is 2.38. The molecule has 0 bridgehead atoms. The molecule has 2 N–H and O–H groups in total. The zero-order valence-corrected chi connectivity index (χ0v) is 15.5. The summed E-state index contributed by atoms with van der Waals surface area (Å²) < 4.78 is 15.9. The van der Waals surface area contributed by atoms with Crippen molar-refractivity contribution < 1.29 is 24.1 Å². The highest BCUT2D eigenvalue weighted by atomic mass is 35.5. The monoisotopic (exact) mass is 378 g/mol. The Bertz CT molecular complexity index is 826. The van der Waals surface area contributed by atoms with Crippen LogP contribution in [0.4, 0.5) is 5.69 Å². The van der Waals surface area contributed by atoms with E-state index in [1.807, 2.05) is 0 Å². The summed E-state index contributed by atoms with van der Waals surface area (Å²) in [5, 5.41) is 13.6. The zero-order valence-electron chi connectivity index (χ0n) is 14.8. The van der Waals surface area contributed by atoms with Gasteiger partial charge in [0.05, 0.1) is 43.3 Å². The number of hydrazone groups is 1. The number of carboxylic acids is 1. The fourth-order valence-electron chi connectivity index (χ4n) is 2.26. The van der Waals surface area contributed by atoms with E-state index < -0.39 is 5.97 Å². The average molecular weight is 379 g/mol. The third kappa shape index (κ3) is 4.18. The summed E-state index contributed by atoms with van der Waals surface area (Å²) in [5.41, 5.74) is 4.70. The van der Waals surface area contributed by atoms with E-state index in [0.717, 1.165) is 5.56 Å². The van der Waals surface area contributed by atoms with E-state index in [1.54, 1.807) is 25.1 Å². The normalized spacial score (nSPS) is 11.0. The maximum Gasteiger partial charge on any atom is 0.337 e. The number of hydrogen-bond donors (Lipinski definition) is 2. The second-order valence-electron chi connectivity index (χ2n) is 5.22. The number of hydrogen-bond acceptors (Lipinski definition) is 6. The summed E-state index contributed by atoms with van der Waals surface area (Å²) in [7, 11) is 4.60. The van der Waals surface area contributed by atoms with Gasteiger partial charge in [0.15, 0.2) is 11.5 Å². The van der Waals surface area contributed by atoms with Gasteiger partial charge in [0.25, 0.3) is 0 Å². The predicted octanol–water partition coefficient (Wildman–Crippen LogP) is 3.90. The molecular weight excluding hydrogens is 360 g/mol. The lowest BCUT2D eigenvalue weighted by Crippen LogP contribution is -2.04. The fourth-order valence-corrected chi connectivity index (χ4v) is 2.46. The molecule has 7 nitrogen and oxygen atoms in total. The number of nitrogens with one attached hydrogen (secondary N) is 1. The first-order chi connectivity index (χ1) is 12.4. The molecule has 8 heteroatoms. The number of carboxylic acid groups (broad SMARTS) is 1. The van der Waals surface area contributed by atoms with Crippen molar-refractivity contribution in [3.05, 3.63) is 46.5 Å². The number of rotatable bonds is 7. The SMILES string of the molecule is COc1cc(C(C)=NNc2ccc(Cl)c(C(=O)O)c2)cc(OC)c1OC. The third-order valence-corrected chi connectivity index (χ3v) is 3.96. The molecule has 2 aromatic rings. The minimum absolute atomic E-state index is 0.00249. The number of carbonyl (C=O) groups is 1. The molecule has 0 unspecified atom stereocenters. The van der Waals surface area contributed by atoms with Crippen molar-refractivity contribution in [2.75, 3.05) is 26.8 Å². The minimum atomic E-state index is -1.11. The Morgan fingerprint density at radius 3 is 2.19 bits per heavy atom. The highest BCUT2D eigenvalue weighted by molar-refractivity contribution is 6.33. The van der Waals surface area contributed by atoms with Crippen molar-refractivity contribution in [3.63, 3.8) is 0 Å². The molecule has 0 fully saturated rings. The molecule has 26 heavy (non-hydrogen) atoms. The van der Waals surface area contributed by atoms with E-state index >= 15 is 0 Å². The smallest absolute Gasteiger partial charge is 0.337 e. The van der Waals surface area contributed by atoms with Crippen molar-refractivity contribution in [3.8, 4) is 17.2 Å².